The second-order valence-electron chi connectivity index (χ2n) is 4.29. The molecule has 0 saturated carbocycles. The average molecular weight is 298 g/mol. The molecule has 5 heteroatoms. The van der Waals surface area contributed by atoms with Gasteiger partial charge in [-0.15, -0.1) is 0 Å². The third-order valence-corrected chi connectivity index (χ3v) is 2.96. The van der Waals surface area contributed by atoms with Gasteiger partial charge < -0.3 is 11.1 Å². The van der Waals surface area contributed by atoms with Crippen LogP contribution in [0, 0.1) is 11.3 Å². The normalized spacial score (nSPS) is 10.3. The van der Waals surface area contributed by atoms with Crippen LogP contribution in [0.1, 0.15) is 11.1 Å². The molecular formula is C16H12ClN3O. The maximum absolute atomic E-state index is 11.9. The van der Waals surface area contributed by atoms with E-state index in [1.165, 1.54) is 12.1 Å². The van der Waals surface area contributed by atoms with E-state index in [-0.39, 0.29) is 5.91 Å². The first-order valence-corrected chi connectivity index (χ1v) is 6.50. The number of carbonyl (C=O) groups excluding carboxylic acids is 1. The van der Waals surface area contributed by atoms with Crippen LogP contribution in [0.4, 0.5) is 11.4 Å². The fourth-order valence-electron chi connectivity index (χ4n) is 1.67. The molecule has 0 radical (unpaired) electrons. The van der Waals surface area contributed by atoms with Gasteiger partial charge in [0.1, 0.15) is 6.07 Å². The fraction of sp³-hybridized carbons (Fsp3) is 0. The number of benzene rings is 2. The van der Waals surface area contributed by atoms with Crippen molar-refractivity contribution in [3.63, 3.8) is 0 Å². The number of nitrogens with zero attached hydrogens (tertiary/aromatic N) is 1. The van der Waals surface area contributed by atoms with E-state index in [2.05, 4.69) is 5.32 Å². The zero-order valence-corrected chi connectivity index (χ0v) is 11.8. The highest BCUT2D eigenvalue weighted by atomic mass is 35.5. The summed E-state index contributed by atoms with van der Waals surface area (Å²) in [4.78, 5) is 11.9. The van der Waals surface area contributed by atoms with E-state index < -0.39 is 0 Å². The summed E-state index contributed by atoms with van der Waals surface area (Å²) >= 11 is 5.85. The Morgan fingerprint density at radius 2 is 1.95 bits per heavy atom. The minimum atomic E-state index is -0.342. The van der Waals surface area contributed by atoms with Crippen LogP contribution >= 0.6 is 11.6 Å². The van der Waals surface area contributed by atoms with Crippen LogP contribution < -0.4 is 11.1 Å². The molecule has 0 saturated heterocycles. The van der Waals surface area contributed by atoms with Gasteiger partial charge in [0, 0.05) is 16.8 Å². The quantitative estimate of drug-likeness (QED) is 0.673. The SMILES string of the molecule is N#Cc1ccc(Cl)cc1NC(=O)/C=C/c1ccc(N)cc1. The predicted molar refractivity (Wildman–Crippen MR) is 84.7 cm³/mol. The van der Waals surface area contributed by atoms with Gasteiger partial charge in [-0.2, -0.15) is 5.26 Å². The standard InChI is InChI=1S/C16H12ClN3O/c17-13-5-4-12(10-18)15(9-13)20-16(21)8-3-11-1-6-14(19)7-2-11/h1-9H,19H2,(H,20,21)/b8-3+. The van der Waals surface area contributed by atoms with Gasteiger partial charge in [0.15, 0.2) is 0 Å². The van der Waals surface area contributed by atoms with Crippen molar-refractivity contribution in [1.29, 1.82) is 5.26 Å². The van der Waals surface area contributed by atoms with Gasteiger partial charge in [-0.25, -0.2) is 0 Å². The Balaban J connectivity index is 2.10. The molecule has 0 aliphatic rings. The highest BCUT2D eigenvalue weighted by Gasteiger charge is 2.05. The van der Waals surface area contributed by atoms with E-state index >= 15 is 0 Å². The Bertz CT molecular complexity index is 730. The van der Waals surface area contributed by atoms with Crippen LogP contribution in [0.2, 0.25) is 5.02 Å². The van der Waals surface area contributed by atoms with Gasteiger partial charge in [-0.1, -0.05) is 23.7 Å². The Morgan fingerprint density at radius 1 is 1.24 bits per heavy atom. The molecule has 3 N–H and O–H groups in total. The number of hydrogen-bond donors (Lipinski definition) is 2. The molecule has 0 atom stereocenters. The second kappa shape index (κ2) is 6.60. The van der Waals surface area contributed by atoms with E-state index in [9.17, 15) is 4.79 Å². The predicted octanol–water partition coefficient (Wildman–Crippen LogP) is 3.45. The lowest BCUT2D eigenvalue weighted by Crippen LogP contribution is -2.09. The van der Waals surface area contributed by atoms with Crippen LogP contribution in [0.3, 0.4) is 0 Å². The molecule has 4 nitrogen and oxygen atoms in total. The number of carbonyl (C=O) groups is 1. The molecular weight excluding hydrogens is 286 g/mol. The molecule has 0 aromatic heterocycles. The van der Waals surface area contributed by atoms with Crippen molar-refractivity contribution in [3.8, 4) is 6.07 Å². The van der Waals surface area contributed by atoms with E-state index in [0.29, 0.717) is 22.0 Å². The number of hydrogen-bond acceptors (Lipinski definition) is 3. The molecule has 0 fully saturated rings. The number of amides is 1. The van der Waals surface area contributed by atoms with Crippen LogP contribution in [0.25, 0.3) is 6.08 Å². The first kappa shape index (κ1) is 14.6. The van der Waals surface area contributed by atoms with Crippen molar-refractivity contribution in [2.24, 2.45) is 0 Å². The van der Waals surface area contributed by atoms with Gasteiger partial charge in [0.2, 0.25) is 5.91 Å². The molecule has 104 valence electrons. The summed E-state index contributed by atoms with van der Waals surface area (Å²) in [5.41, 5.74) is 7.84. The van der Waals surface area contributed by atoms with Gasteiger partial charge >= 0.3 is 0 Å². The molecule has 0 heterocycles. The lowest BCUT2D eigenvalue weighted by atomic mass is 10.2. The summed E-state index contributed by atoms with van der Waals surface area (Å²) in [5.74, 6) is -0.342. The molecule has 2 aromatic carbocycles. The first-order chi connectivity index (χ1) is 10.1. The number of nitriles is 1. The zero-order chi connectivity index (χ0) is 15.2. The smallest absolute Gasteiger partial charge is 0.248 e. The van der Waals surface area contributed by atoms with Crippen LogP contribution in [0.15, 0.2) is 48.5 Å². The number of nitrogen functional groups attached to an aromatic ring is 1. The van der Waals surface area contributed by atoms with Gasteiger partial charge in [0.05, 0.1) is 11.3 Å². The number of rotatable bonds is 3. The molecule has 0 spiro atoms. The highest BCUT2D eigenvalue weighted by molar-refractivity contribution is 6.31. The van der Waals surface area contributed by atoms with Crippen LogP contribution in [-0.2, 0) is 4.79 Å². The van der Waals surface area contributed by atoms with Gasteiger partial charge in [-0.3, -0.25) is 4.79 Å². The summed E-state index contributed by atoms with van der Waals surface area (Å²) in [6.07, 6.45) is 3.04. The lowest BCUT2D eigenvalue weighted by molar-refractivity contribution is -0.111. The number of anilines is 2. The maximum atomic E-state index is 11.9. The molecule has 21 heavy (non-hydrogen) atoms. The van der Waals surface area contributed by atoms with Crippen molar-refractivity contribution >= 4 is 35.0 Å². The lowest BCUT2D eigenvalue weighted by Gasteiger charge is -2.05. The molecule has 0 aliphatic heterocycles. The minimum Gasteiger partial charge on any atom is -0.399 e. The Morgan fingerprint density at radius 3 is 2.62 bits per heavy atom. The summed E-state index contributed by atoms with van der Waals surface area (Å²) in [7, 11) is 0. The number of nitrogens with one attached hydrogen (secondary N) is 1. The Kier molecular flexibility index (Phi) is 4.60. The fourth-order valence-corrected chi connectivity index (χ4v) is 1.84. The third kappa shape index (κ3) is 4.10. The highest BCUT2D eigenvalue weighted by Crippen LogP contribution is 2.20. The summed E-state index contributed by atoms with van der Waals surface area (Å²) in [6.45, 7) is 0. The molecule has 0 aliphatic carbocycles. The third-order valence-electron chi connectivity index (χ3n) is 2.72. The topological polar surface area (TPSA) is 78.9 Å². The average Bonchev–Trinajstić information content (AvgIpc) is 2.47. The monoisotopic (exact) mass is 297 g/mol. The van der Waals surface area contributed by atoms with E-state index in [1.54, 1.807) is 42.5 Å². The Labute approximate surface area is 127 Å². The van der Waals surface area contributed by atoms with Crippen LogP contribution in [0.5, 0.6) is 0 Å². The molecule has 0 unspecified atom stereocenters. The molecule has 0 bridgehead atoms. The Hall–Kier alpha value is -2.77. The van der Waals surface area contributed by atoms with Crippen molar-refractivity contribution in [3.05, 3.63) is 64.7 Å². The summed E-state index contributed by atoms with van der Waals surface area (Å²) < 4.78 is 0. The largest absolute Gasteiger partial charge is 0.399 e. The van der Waals surface area contributed by atoms with E-state index in [4.69, 9.17) is 22.6 Å². The molecule has 2 rings (SSSR count). The second-order valence-corrected chi connectivity index (χ2v) is 4.73. The number of halogens is 1. The maximum Gasteiger partial charge on any atom is 0.248 e. The minimum absolute atomic E-state index is 0.342. The summed E-state index contributed by atoms with van der Waals surface area (Å²) in [5, 5.41) is 12.1. The first-order valence-electron chi connectivity index (χ1n) is 6.13. The zero-order valence-electron chi connectivity index (χ0n) is 11.0. The van der Waals surface area contributed by atoms with Crippen molar-refractivity contribution in [2.75, 3.05) is 11.1 Å². The van der Waals surface area contributed by atoms with E-state index in [1.807, 2.05) is 6.07 Å². The van der Waals surface area contributed by atoms with Crippen molar-refractivity contribution in [1.82, 2.24) is 0 Å². The van der Waals surface area contributed by atoms with Crippen LogP contribution in [-0.4, -0.2) is 5.91 Å². The van der Waals surface area contributed by atoms with Gasteiger partial charge in [0.25, 0.3) is 0 Å². The van der Waals surface area contributed by atoms with E-state index in [0.717, 1.165) is 5.56 Å². The van der Waals surface area contributed by atoms with Crippen molar-refractivity contribution in [2.45, 2.75) is 0 Å². The van der Waals surface area contributed by atoms with Gasteiger partial charge in [-0.05, 0) is 42.0 Å². The van der Waals surface area contributed by atoms with Crippen molar-refractivity contribution < 1.29 is 4.79 Å². The molecule has 2 aromatic rings. The summed E-state index contributed by atoms with van der Waals surface area (Å²) in [6, 6.07) is 13.8. The number of nitrogens with two attached hydrogens (primary N) is 1. The molecule has 1 amide bonds.